The van der Waals surface area contributed by atoms with E-state index in [1.165, 1.54) is 11.8 Å². The lowest BCUT2D eigenvalue weighted by molar-refractivity contribution is -0.139. The summed E-state index contributed by atoms with van der Waals surface area (Å²) in [6.07, 6.45) is 0. The third-order valence-corrected chi connectivity index (χ3v) is 5.97. The summed E-state index contributed by atoms with van der Waals surface area (Å²) >= 11 is 1.47. The van der Waals surface area contributed by atoms with E-state index in [-0.39, 0.29) is 24.5 Å². The molecule has 0 saturated heterocycles. The van der Waals surface area contributed by atoms with Gasteiger partial charge in [0.1, 0.15) is 12.4 Å². The van der Waals surface area contributed by atoms with E-state index in [1.807, 2.05) is 26.0 Å². The van der Waals surface area contributed by atoms with Crippen LogP contribution in [0, 0.1) is 13.8 Å². The highest BCUT2D eigenvalue weighted by Crippen LogP contribution is 2.29. The first-order chi connectivity index (χ1) is 15.3. The summed E-state index contributed by atoms with van der Waals surface area (Å²) in [6, 6.07) is 6.03. The lowest BCUT2D eigenvalue weighted by Crippen LogP contribution is -2.50. The SMILES string of the molecule is CCOC(=O)C1=C(COC(=O)c2ccccc2SCc2c(C)noc2C)NC(=O)N[C@H]1C. The molecule has 1 atom stereocenters. The number of esters is 2. The van der Waals surface area contributed by atoms with Gasteiger partial charge < -0.3 is 24.6 Å². The molecule has 0 spiro atoms. The number of ether oxygens (including phenoxy) is 2. The Balaban J connectivity index is 1.75. The van der Waals surface area contributed by atoms with E-state index in [0.717, 1.165) is 21.9 Å². The summed E-state index contributed by atoms with van der Waals surface area (Å²) in [5, 5.41) is 9.10. The van der Waals surface area contributed by atoms with Crippen molar-refractivity contribution in [3.63, 3.8) is 0 Å². The summed E-state index contributed by atoms with van der Waals surface area (Å²) in [6.45, 7) is 6.98. The van der Waals surface area contributed by atoms with Gasteiger partial charge in [0.15, 0.2) is 0 Å². The van der Waals surface area contributed by atoms with Gasteiger partial charge in [-0.1, -0.05) is 17.3 Å². The maximum atomic E-state index is 12.8. The standard InChI is InChI=1S/C22H25N3O6S/c1-5-29-21(27)19-13(3)23-22(28)24-17(19)10-30-20(26)15-8-6-7-9-18(15)32-11-16-12(2)25-31-14(16)4/h6-9,13H,5,10-11H2,1-4H3,(H2,23,24,28)/t13-/m0/s1. The molecule has 1 aromatic heterocycles. The molecule has 0 bridgehead atoms. The second kappa shape index (κ2) is 10.4. The number of rotatable bonds is 8. The average molecular weight is 460 g/mol. The number of aromatic nitrogens is 1. The summed E-state index contributed by atoms with van der Waals surface area (Å²) in [4.78, 5) is 37.8. The number of urea groups is 1. The number of amides is 2. The highest BCUT2D eigenvalue weighted by molar-refractivity contribution is 7.98. The Hall–Kier alpha value is -3.27. The molecule has 1 aliphatic heterocycles. The molecular weight excluding hydrogens is 434 g/mol. The first kappa shape index (κ1) is 23.4. The first-order valence-corrected chi connectivity index (χ1v) is 11.1. The second-order valence-corrected chi connectivity index (χ2v) is 8.11. The van der Waals surface area contributed by atoms with Crippen LogP contribution in [0.4, 0.5) is 4.79 Å². The number of nitrogens with zero attached hydrogens (tertiary/aromatic N) is 1. The minimum absolute atomic E-state index is 0.186. The lowest BCUT2D eigenvalue weighted by Gasteiger charge is -2.26. The average Bonchev–Trinajstić information content (AvgIpc) is 3.07. The number of hydrogen-bond donors (Lipinski definition) is 2. The molecule has 1 aromatic carbocycles. The Morgan fingerprint density at radius 1 is 1.19 bits per heavy atom. The van der Waals surface area contributed by atoms with Gasteiger partial charge >= 0.3 is 18.0 Å². The van der Waals surface area contributed by atoms with Gasteiger partial charge in [-0.15, -0.1) is 11.8 Å². The third-order valence-electron chi connectivity index (χ3n) is 4.87. The summed E-state index contributed by atoms with van der Waals surface area (Å²) < 4.78 is 15.7. The number of nitrogens with one attached hydrogen (secondary N) is 2. The monoisotopic (exact) mass is 459 g/mol. The number of benzene rings is 1. The maximum absolute atomic E-state index is 12.8. The van der Waals surface area contributed by atoms with Gasteiger partial charge in [-0.2, -0.15) is 0 Å². The van der Waals surface area contributed by atoms with E-state index in [1.54, 1.807) is 26.0 Å². The summed E-state index contributed by atoms with van der Waals surface area (Å²) in [7, 11) is 0. The number of carbonyl (C=O) groups is 3. The van der Waals surface area contributed by atoms with Crippen molar-refractivity contribution in [1.82, 2.24) is 15.8 Å². The van der Waals surface area contributed by atoms with Crippen LogP contribution >= 0.6 is 11.8 Å². The number of hydrogen-bond acceptors (Lipinski definition) is 8. The smallest absolute Gasteiger partial charge is 0.339 e. The molecule has 0 aliphatic carbocycles. The predicted octanol–water partition coefficient (Wildman–Crippen LogP) is 3.26. The van der Waals surface area contributed by atoms with Gasteiger partial charge in [0.25, 0.3) is 0 Å². The van der Waals surface area contributed by atoms with Crippen molar-refractivity contribution in [2.45, 2.75) is 44.4 Å². The zero-order valence-electron chi connectivity index (χ0n) is 18.3. The van der Waals surface area contributed by atoms with Crippen LogP contribution in [-0.4, -0.2) is 42.4 Å². The topological polar surface area (TPSA) is 120 Å². The van der Waals surface area contributed by atoms with Crippen LogP contribution in [0.15, 0.2) is 45.0 Å². The van der Waals surface area contributed by atoms with Crippen LogP contribution in [0.1, 0.15) is 41.2 Å². The van der Waals surface area contributed by atoms with E-state index >= 15 is 0 Å². The molecule has 2 N–H and O–H groups in total. The lowest BCUT2D eigenvalue weighted by atomic mass is 10.0. The van der Waals surface area contributed by atoms with Gasteiger partial charge in [0.05, 0.1) is 35.2 Å². The van der Waals surface area contributed by atoms with Crippen molar-refractivity contribution in [2.24, 2.45) is 0 Å². The van der Waals surface area contributed by atoms with Crippen LogP contribution in [0.3, 0.4) is 0 Å². The molecular formula is C22H25N3O6S. The number of carbonyl (C=O) groups excluding carboxylic acids is 3. The van der Waals surface area contributed by atoms with Crippen molar-refractivity contribution in [3.05, 3.63) is 58.1 Å². The van der Waals surface area contributed by atoms with Crippen LogP contribution < -0.4 is 10.6 Å². The van der Waals surface area contributed by atoms with Crippen molar-refractivity contribution in [2.75, 3.05) is 13.2 Å². The predicted molar refractivity (Wildman–Crippen MR) is 117 cm³/mol. The largest absolute Gasteiger partial charge is 0.463 e. The van der Waals surface area contributed by atoms with Crippen molar-refractivity contribution < 1.29 is 28.4 Å². The number of thioether (sulfide) groups is 1. The maximum Gasteiger partial charge on any atom is 0.339 e. The van der Waals surface area contributed by atoms with Crippen LogP contribution in [0.2, 0.25) is 0 Å². The molecule has 1 aliphatic rings. The molecule has 2 heterocycles. The van der Waals surface area contributed by atoms with Crippen molar-refractivity contribution in [3.8, 4) is 0 Å². The van der Waals surface area contributed by atoms with Gasteiger partial charge in [-0.05, 0) is 39.8 Å². The molecule has 2 aromatic rings. The summed E-state index contributed by atoms with van der Waals surface area (Å²) in [5.41, 5.74) is 2.60. The van der Waals surface area contributed by atoms with Crippen LogP contribution in [0.5, 0.6) is 0 Å². The van der Waals surface area contributed by atoms with E-state index in [2.05, 4.69) is 15.8 Å². The zero-order valence-corrected chi connectivity index (χ0v) is 19.1. The van der Waals surface area contributed by atoms with Gasteiger partial charge in [-0.25, -0.2) is 14.4 Å². The quantitative estimate of drug-likeness (QED) is 0.456. The Morgan fingerprint density at radius 3 is 2.62 bits per heavy atom. The fraction of sp³-hybridized carbons (Fsp3) is 0.364. The highest BCUT2D eigenvalue weighted by atomic mass is 32.2. The first-order valence-electron chi connectivity index (χ1n) is 10.1. The fourth-order valence-corrected chi connectivity index (χ4v) is 4.42. The molecule has 32 heavy (non-hydrogen) atoms. The van der Waals surface area contributed by atoms with Crippen LogP contribution in [-0.2, 0) is 20.0 Å². The number of aryl methyl sites for hydroxylation is 2. The minimum atomic E-state index is -0.575. The molecule has 0 fully saturated rings. The molecule has 3 rings (SSSR count). The Labute approximate surface area is 189 Å². The Kier molecular flexibility index (Phi) is 7.57. The molecule has 0 saturated carbocycles. The fourth-order valence-electron chi connectivity index (χ4n) is 3.23. The second-order valence-electron chi connectivity index (χ2n) is 7.10. The third kappa shape index (κ3) is 5.31. The van der Waals surface area contributed by atoms with Crippen molar-refractivity contribution in [1.29, 1.82) is 0 Å². The van der Waals surface area contributed by atoms with E-state index in [9.17, 15) is 14.4 Å². The van der Waals surface area contributed by atoms with Gasteiger partial charge in [-0.3, -0.25) is 0 Å². The van der Waals surface area contributed by atoms with E-state index < -0.39 is 24.0 Å². The van der Waals surface area contributed by atoms with Gasteiger partial charge in [0.2, 0.25) is 0 Å². The van der Waals surface area contributed by atoms with Crippen LogP contribution in [0.25, 0.3) is 0 Å². The van der Waals surface area contributed by atoms with Crippen molar-refractivity contribution >= 4 is 29.7 Å². The van der Waals surface area contributed by atoms with E-state index in [4.69, 9.17) is 14.0 Å². The van der Waals surface area contributed by atoms with E-state index in [0.29, 0.717) is 11.3 Å². The normalized spacial score (nSPS) is 15.8. The minimum Gasteiger partial charge on any atom is -0.463 e. The highest BCUT2D eigenvalue weighted by Gasteiger charge is 2.30. The molecule has 9 nitrogen and oxygen atoms in total. The molecule has 0 radical (unpaired) electrons. The zero-order chi connectivity index (χ0) is 23.3. The molecule has 2 amide bonds. The Morgan fingerprint density at radius 2 is 1.94 bits per heavy atom. The molecule has 170 valence electrons. The summed E-state index contributed by atoms with van der Waals surface area (Å²) in [5.74, 6) is 0.185. The molecule has 10 heteroatoms. The van der Waals surface area contributed by atoms with Gasteiger partial charge in [0, 0.05) is 16.2 Å². The Bertz CT molecular complexity index is 1040. The molecule has 0 unspecified atom stereocenters.